The van der Waals surface area contributed by atoms with Crippen molar-refractivity contribution in [3.63, 3.8) is 0 Å². The van der Waals surface area contributed by atoms with Crippen LogP contribution < -0.4 is 10.9 Å². The number of benzene rings is 2. The van der Waals surface area contributed by atoms with E-state index in [1.165, 1.54) is 6.92 Å². The van der Waals surface area contributed by atoms with E-state index in [2.05, 4.69) is 15.7 Å². The summed E-state index contributed by atoms with van der Waals surface area (Å²) in [5.74, 6) is -1.75. The van der Waals surface area contributed by atoms with E-state index in [1.807, 2.05) is 19.1 Å². The van der Waals surface area contributed by atoms with Crippen LogP contribution in [-0.2, 0) is 17.6 Å². The lowest BCUT2D eigenvalue weighted by molar-refractivity contribution is -0.128. The molecular formula is C22H24ClN3O3. The minimum Gasteiger partial charge on any atom is -0.393 e. The van der Waals surface area contributed by atoms with Crippen LogP contribution >= 0.6 is 11.6 Å². The van der Waals surface area contributed by atoms with Crippen LogP contribution in [0, 0.1) is 19.4 Å². The maximum absolute atomic E-state index is 12.6. The molecule has 6 nitrogen and oxygen atoms in total. The van der Waals surface area contributed by atoms with Crippen LogP contribution in [0.5, 0.6) is 0 Å². The maximum Gasteiger partial charge on any atom is 0.269 e. The largest absolute Gasteiger partial charge is 0.393 e. The molecule has 0 saturated carbocycles. The summed E-state index contributed by atoms with van der Waals surface area (Å²) in [4.78, 5) is 28.2. The predicted octanol–water partition coefficient (Wildman–Crippen LogP) is 3.76. The van der Waals surface area contributed by atoms with Gasteiger partial charge in [0.2, 0.25) is 11.6 Å². The molecule has 0 spiro atoms. The number of carbonyl (C=O) groups is 2. The minimum atomic E-state index is -0.950. The van der Waals surface area contributed by atoms with Crippen LogP contribution in [0.25, 0.3) is 4.85 Å². The first-order chi connectivity index (χ1) is 13.8. The number of nitrogens with zero attached hydrogens (tertiary/aromatic N) is 1. The quantitative estimate of drug-likeness (QED) is 0.498. The van der Waals surface area contributed by atoms with Crippen LogP contribution in [0.1, 0.15) is 40.9 Å². The standard InChI is InChI=1S/C22H24ClN3O3/c1-5-15-6-8-16(9-7-15)21(28)25-26-22(29)18(14(3)27)12-17-10-11-19(24-4)20(23)13(17)2/h6-11,14,18,27H,5,12H2,1-3H3,(H,25,28)(H,26,29)/t14-,18+/m0/s1. The molecule has 2 amide bonds. The van der Waals surface area contributed by atoms with E-state index in [0.29, 0.717) is 21.8 Å². The van der Waals surface area contributed by atoms with E-state index < -0.39 is 23.8 Å². The number of halogens is 1. The van der Waals surface area contributed by atoms with E-state index in [4.69, 9.17) is 18.2 Å². The number of aliphatic hydroxyl groups excluding tert-OH is 1. The summed E-state index contributed by atoms with van der Waals surface area (Å²) in [5.41, 5.74) is 8.10. The number of nitrogens with one attached hydrogen (secondary N) is 2. The van der Waals surface area contributed by atoms with Gasteiger partial charge in [-0.25, -0.2) is 4.85 Å². The number of aliphatic hydroxyl groups is 1. The van der Waals surface area contributed by atoms with E-state index >= 15 is 0 Å². The van der Waals surface area contributed by atoms with E-state index in [-0.39, 0.29) is 6.42 Å². The zero-order valence-corrected chi connectivity index (χ0v) is 17.4. The van der Waals surface area contributed by atoms with Gasteiger partial charge >= 0.3 is 0 Å². The third-order valence-corrected chi connectivity index (χ3v) is 5.36. The van der Waals surface area contributed by atoms with Gasteiger partial charge in [-0.05, 0) is 55.5 Å². The van der Waals surface area contributed by atoms with Gasteiger partial charge in [0, 0.05) is 5.56 Å². The van der Waals surface area contributed by atoms with E-state index in [1.54, 1.807) is 31.2 Å². The van der Waals surface area contributed by atoms with Gasteiger partial charge in [-0.3, -0.25) is 20.4 Å². The Bertz CT molecular complexity index is 934. The first kappa shape index (κ1) is 22.4. The number of hydrazine groups is 1. The molecular weight excluding hydrogens is 390 g/mol. The van der Waals surface area contributed by atoms with Crippen molar-refractivity contribution >= 4 is 29.1 Å². The van der Waals surface area contributed by atoms with E-state index in [0.717, 1.165) is 17.5 Å². The van der Waals surface area contributed by atoms with E-state index in [9.17, 15) is 14.7 Å². The fourth-order valence-electron chi connectivity index (χ4n) is 2.91. The zero-order chi connectivity index (χ0) is 21.6. The first-order valence-corrected chi connectivity index (χ1v) is 9.68. The normalized spacial score (nSPS) is 12.6. The van der Waals surface area contributed by atoms with Gasteiger partial charge in [-0.2, -0.15) is 0 Å². The molecule has 2 aromatic carbocycles. The SMILES string of the molecule is [C-]#[N+]c1ccc(C[C@@H](C(=O)NNC(=O)c2ccc(CC)cc2)[C@H](C)O)c(C)c1Cl. The highest BCUT2D eigenvalue weighted by atomic mass is 35.5. The molecule has 7 heteroatoms. The molecule has 0 saturated heterocycles. The highest BCUT2D eigenvalue weighted by Crippen LogP contribution is 2.31. The Morgan fingerprint density at radius 1 is 1.17 bits per heavy atom. The Balaban J connectivity index is 2.07. The summed E-state index contributed by atoms with van der Waals surface area (Å²) in [5, 5.41) is 10.4. The van der Waals surface area contributed by atoms with Gasteiger partial charge in [0.15, 0.2) is 0 Å². The second kappa shape index (κ2) is 10.1. The van der Waals surface area contributed by atoms with Crippen molar-refractivity contribution in [2.45, 2.75) is 39.7 Å². The highest BCUT2D eigenvalue weighted by Gasteiger charge is 2.26. The summed E-state index contributed by atoms with van der Waals surface area (Å²) in [6.07, 6.45) is 0.137. The number of rotatable bonds is 6. The van der Waals surface area contributed by atoms with Gasteiger partial charge in [0.25, 0.3) is 5.91 Å². The molecule has 0 aliphatic carbocycles. The Morgan fingerprint density at radius 3 is 2.38 bits per heavy atom. The third kappa shape index (κ3) is 5.57. The molecule has 2 atom stereocenters. The molecule has 0 unspecified atom stereocenters. The monoisotopic (exact) mass is 413 g/mol. The molecule has 0 heterocycles. The summed E-state index contributed by atoms with van der Waals surface area (Å²) in [6.45, 7) is 12.4. The smallest absolute Gasteiger partial charge is 0.269 e. The molecule has 152 valence electrons. The van der Waals surface area contributed by atoms with Crippen LogP contribution in [0.15, 0.2) is 36.4 Å². The van der Waals surface area contributed by atoms with Gasteiger partial charge in [0.1, 0.15) is 0 Å². The Kier molecular flexibility index (Phi) is 7.77. The molecule has 0 radical (unpaired) electrons. The summed E-state index contributed by atoms with van der Waals surface area (Å²) in [7, 11) is 0. The van der Waals surface area contributed by atoms with Crippen molar-refractivity contribution in [3.8, 4) is 0 Å². The second-order valence-electron chi connectivity index (χ2n) is 6.84. The minimum absolute atomic E-state index is 0.217. The summed E-state index contributed by atoms with van der Waals surface area (Å²) < 4.78 is 0. The lowest BCUT2D eigenvalue weighted by Gasteiger charge is -2.21. The highest BCUT2D eigenvalue weighted by molar-refractivity contribution is 6.34. The molecule has 29 heavy (non-hydrogen) atoms. The predicted molar refractivity (Wildman–Crippen MR) is 113 cm³/mol. The van der Waals surface area contributed by atoms with Gasteiger partial charge in [-0.15, -0.1) is 0 Å². The van der Waals surface area contributed by atoms with Crippen molar-refractivity contribution in [3.05, 3.63) is 75.1 Å². The van der Waals surface area contributed by atoms with Crippen LogP contribution in [-0.4, -0.2) is 23.0 Å². The molecule has 3 N–H and O–H groups in total. The summed E-state index contributed by atoms with van der Waals surface area (Å²) in [6, 6.07) is 10.4. The van der Waals surface area contributed by atoms with Gasteiger partial charge in [0.05, 0.1) is 23.6 Å². The molecule has 0 aliphatic rings. The van der Waals surface area contributed by atoms with Crippen molar-refractivity contribution in [1.29, 1.82) is 0 Å². The first-order valence-electron chi connectivity index (χ1n) is 9.31. The van der Waals surface area contributed by atoms with Crippen molar-refractivity contribution in [1.82, 2.24) is 10.9 Å². The van der Waals surface area contributed by atoms with Crippen molar-refractivity contribution in [2.75, 3.05) is 0 Å². The van der Waals surface area contributed by atoms with Crippen LogP contribution in [0.2, 0.25) is 5.02 Å². The third-order valence-electron chi connectivity index (χ3n) is 4.88. The lowest BCUT2D eigenvalue weighted by atomic mass is 9.91. The van der Waals surface area contributed by atoms with Gasteiger partial charge in [-0.1, -0.05) is 42.8 Å². The van der Waals surface area contributed by atoms with Crippen molar-refractivity contribution < 1.29 is 14.7 Å². The lowest BCUT2D eigenvalue weighted by Crippen LogP contribution is -2.47. The van der Waals surface area contributed by atoms with Crippen molar-refractivity contribution in [2.24, 2.45) is 5.92 Å². The number of hydrogen-bond donors (Lipinski definition) is 3. The molecule has 0 aromatic heterocycles. The molecule has 2 aromatic rings. The maximum atomic E-state index is 12.6. The molecule has 0 fully saturated rings. The Hall–Kier alpha value is -2.88. The fraction of sp³-hybridized carbons (Fsp3) is 0.318. The number of amides is 2. The fourth-order valence-corrected chi connectivity index (χ4v) is 3.14. The topological polar surface area (TPSA) is 82.8 Å². The second-order valence-corrected chi connectivity index (χ2v) is 7.22. The average Bonchev–Trinajstić information content (AvgIpc) is 2.72. The molecule has 2 rings (SSSR count). The zero-order valence-electron chi connectivity index (χ0n) is 16.6. The Morgan fingerprint density at radius 2 is 1.83 bits per heavy atom. The average molecular weight is 414 g/mol. The molecule has 0 bridgehead atoms. The Labute approximate surface area is 175 Å². The number of carbonyl (C=O) groups excluding carboxylic acids is 2. The number of hydrogen-bond acceptors (Lipinski definition) is 3. The van der Waals surface area contributed by atoms with Gasteiger partial charge < -0.3 is 5.11 Å². The summed E-state index contributed by atoms with van der Waals surface area (Å²) >= 11 is 6.20. The molecule has 0 aliphatic heterocycles. The van der Waals surface area contributed by atoms with Crippen LogP contribution in [0.4, 0.5) is 5.69 Å². The number of aryl methyl sites for hydroxylation is 1. The van der Waals surface area contributed by atoms with Crippen LogP contribution in [0.3, 0.4) is 0 Å².